The van der Waals surface area contributed by atoms with Crippen molar-refractivity contribution in [2.24, 2.45) is 0 Å². The van der Waals surface area contributed by atoms with Crippen molar-refractivity contribution < 1.29 is 31.5 Å². The zero-order valence-electron chi connectivity index (χ0n) is 16.1. The highest BCUT2D eigenvalue weighted by molar-refractivity contribution is 7.92. The number of ether oxygens (including phenoxy) is 1. The number of rotatable bonds is 7. The summed E-state index contributed by atoms with van der Waals surface area (Å²) < 4.78 is 61.1. The van der Waals surface area contributed by atoms with Crippen molar-refractivity contribution in [3.63, 3.8) is 0 Å². The van der Waals surface area contributed by atoms with E-state index in [0.717, 1.165) is 13.4 Å². The molecular formula is C20H19FNO6PS. The quantitative estimate of drug-likeness (QED) is 0.524. The van der Waals surface area contributed by atoms with Gasteiger partial charge in [-0.05, 0) is 59.7 Å². The summed E-state index contributed by atoms with van der Waals surface area (Å²) in [6, 6.07) is 16.9. The summed E-state index contributed by atoms with van der Waals surface area (Å²) in [6.07, 6.45) is 0.944. The molecule has 3 aromatic rings. The monoisotopic (exact) mass is 451 g/mol. The third kappa shape index (κ3) is 5.46. The van der Waals surface area contributed by atoms with Gasteiger partial charge in [0.25, 0.3) is 0 Å². The maximum absolute atomic E-state index is 13.0. The zero-order chi connectivity index (χ0) is 21.9. The summed E-state index contributed by atoms with van der Waals surface area (Å²) in [7, 11) is -6.83. The predicted octanol–water partition coefficient (Wildman–Crippen LogP) is 4.11. The summed E-state index contributed by atoms with van der Waals surface area (Å²) >= 11 is 0. The molecule has 0 aliphatic carbocycles. The van der Waals surface area contributed by atoms with Crippen LogP contribution in [-0.4, -0.2) is 26.7 Å². The van der Waals surface area contributed by atoms with Gasteiger partial charge in [0.2, 0.25) is 10.0 Å². The van der Waals surface area contributed by atoms with E-state index in [2.05, 4.69) is 4.72 Å². The van der Waals surface area contributed by atoms with Crippen molar-refractivity contribution >= 4 is 28.6 Å². The Morgan fingerprint density at radius 3 is 2.00 bits per heavy atom. The number of halogens is 1. The molecule has 0 radical (unpaired) electrons. The highest BCUT2D eigenvalue weighted by Gasteiger charge is 2.26. The standard InChI is InChI=1S/C20H19FNO6PS/c1-27-29(23,24)20-13-15(5-12-19(20)22-30(2,25)26)14-3-8-17(9-4-14)28-18-10-6-16(21)7-11-18/h3-13,22H,1-2H3,(H,23,24). The second-order valence-electron chi connectivity index (χ2n) is 6.39. The molecule has 0 spiro atoms. The van der Waals surface area contributed by atoms with Gasteiger partial charge in [-0.3, -0.25) is 9.29 Å². The Labute approximate surface area is 173 Å². The Kier molecular flexibility index (Phi) is 6.28. The molecule has 0 amide bonds. The van der Waals surface area contributed by atoms with Gasteiger partial charge in [-0.25, -0.2) is 12.8 Å². The fourth-order valence-corrected chi connectivity index (χ4v) is 4.27. The molecule has 1 atom stereocenters. The molecule has 3 aromatic carbocycles. The van der Waals surface area contributed by atoms with Gasteiger partial charge in [0.05, 0.1) is 17.2 Å². The molecule has 3 rings (SSSR count). The third-order valence-corrected chi connectivity index (χ3v) is 6.15. The molecule has 0 bridgehead atoms. The molecule has 30 heavy (non-hydrogen) atoms. The van der Waals surface area contributed by atoms with E-state index in [9.17, 15) is 22.3 Å². The van der Waals surface area contributed by atoms with Crippen LogP contribution in [0, 0.1) is 5.82 Å². The van der Waals surface area contributed by atoms with Gasteiger partial charge in [-0.2, -0.15) is 0 Å². The first-order chi connectivity index (χ1) is 14.1. The number of hydrogen-bond acceptors (Lipinski definition) is 5. The molecule has 0 fully saturated rings. The summed E-state index contributed by atoms with van der Waals surface area (Å²) in [5, 5.41) is -0.167. The van der Waals surface area contributed by atoms with Crippen LogP contribution in [0.4, 0.5) is 10.1 Å². The molecule has 0 saturated carbocycles. The van der Waals surface area contributed by atoms with Crippen molar-refractivity contribution in [1.29, 1.82) is 0 Å². The minimum absolute atomic E-state index is 0.0369. The lowest BCUT2D eigenvalue weighted by Gasteiger charge is -2.16. The maximum Gasteiger partial charge on any atom is 0.360 e. The normalized spacial score (nSPS) is 13.5. The predicted molar refractivity (Wildman–Crippen MR) is 113 cm³/mol. The fraction of sp³-hybridized carbons (Fsp3) is 0.100. The Morgan fingerprint density at radius 2 is 1.47 bits per heavy atom. The Morgan fingerprint density at radius 1 is 0.933 bits per heavy atom. The maximum atomic E-state index is 13.0. The smallest absolute Gasteiger partial charge is 0.360 e. The highest BCUT2D eigenvalue weighted by atomic mass is 32.2. The van der Waals surface area contributed by atoms with Crippen LogP contribution in [0.3, 0.4) is 0 Å². The number of anilines is 1. The van der Waals surface area contributed by atoms with Gasteiger partial charge in [0, 0.05) is 7.11 Å². The van der Waals surface area contributed by atoms with Crippen LogP contribution in [0.15, 0.2) is 66.7 Å². The number of nitrogens with one attached hydrogen (secondary N) is 1. The molecule has 0 aromatic heterocycles. The average molecular weight is 451 g/mol. The van der Waals surface area contributed by atoms with E-state index in [0.29, 0.717) is 22.6 Å². The minimum Gasteiger partial charge on any atom is -0.457 e. The van der Waals surface area contributed by atoms with E-state index in [4.69, 9.17) is 9.26 Å². The highest BCUT2D eigenvalue weighted by Crippen LogP contribution is 2.43. The average Bonchev–Trinajstić information content (AvgIpc) is 2.69. The van der Waals surface area contributed by atoms with Crippen LogP contribution in [-0.2, 0) is 19.1 Å². The molecule has 0 heterocycles. The first-order valence-electron chi connectivity index (χ1n) is 8.62. The topological polar surface area (TPSA) is 102 Å². The van der Waals surface area contributed by atoms with E-state index >= 15 is 0 Å². The van der Waals surface area contributed by atoms with Crippen LogP contribution in [0.2, 0.25) is 0 Å². The molecule has 10 heteroatoms. The fourth-order valence-electron chi connectivity index (χ4n) is 2.68. The minimum atomic E-state index is -4.24. The van der Waals surface area contributed by atoms with E-state index in [1.54, 1.807) is 30.3 Å². The lowest BCUT2D eigenvalue weighted by atomic mass is 10.1. The van der Waals surface area contributed by atoms with Gasteiger partial charge in [-0.1, -0.05) is 18.2 Å². The molecule has 2 N–H and O–H groups in total. The molecule has 0 aliphatic heterocycles. The summed E-state index contributed by atoms with van der Waals surface area (Å²) in [5.41, 5.74) is 1.23. The van der Waals surface area contributed by atoms with E-state index < -0.39 is 17.6 Å². The molecule has 1 unspecified atom stereocenters. The van der Waals surface area contributed by atoms with Crippen molar-refractivity contribution in [2.75, 3.05) is 18.1 Å². The van der Waals surface area contributed by atoms with Gasteiger partial charge >= 0.3 is 7.60 Å². The molecule has 158 valence electrons. The van der Waals surface area contributed by atoms with E-state index in [1.807, 2.05) is 0 Å². The van der Waals surface area contributed by atoms with Crippen molar-refractivity contribution in [3.05, 3.63) is 72.5 Å². The number of benzene rings is 3. The van der Waals surface area contributed by atoms with Crippen LogP contribution in [0.5, 0.6) is 11.5 Å². The van der Waals surface area contributed by atoms with E-state index in [1.165, 1.54) is 36.4 Å². The summed E-state index contributed by atoms with van der Waals surface area (Å²) in [4.78, 5) is 10.1. The second-order valence-corrected chi connectivity index (χ2v) is 10.0. The number of sulfonamides is 1. The summed E-state index contributed by atoms with van der Waals surface area (Å²) in [5.74, 6) is 0.633. The van der Waals surface area contributed by atoms with Crippen LogP contribution in [0.1, 0.15) is 0 Å². The van der Waals surface area contributed by atoms with Crippen LogP contribution < -0.4 is 14.8 Å². The Balaban J connectivity index is 1.92. The molecular weight excluding hydrogens is 432 g/mol. The van der Waals surface area contributed by atoms with Crippen molar-refractivity contribution in [1.82, 2.24) is 0 Å². The van der Waals surface area contributed by atoms with Crippen LogP contribution in [0.25, 0.3) is 11.1 Å². The Bertz CT molecular complexity index is 1200. The lowest BCUT2D eigenvalue weighted by Crippen LogP contribution is -2.18. The lowest BCUT2D eigenvalue weighted by molar-refractivity contribution is 0.328. The largest absolute Gasteiger partial charge is 0.457 e. The SMILES string of the molecule is COP(=O)(O)c1cc(-c2ccc(Oc3ccc(F)cc3)cc2)ccc1NS(C)(=O)=O. The molecule has 0 saturated heterocycles. The third-order valence-electron chi connectivity index (χ3n) is 4.08. The number of hydrogen-bond donors (Lipinski definition) is 2. The first-order valence-corrected chi connectivity index (χ1v) is 12.1. The van der Waals surface area contributed by atoms with Gasteiger partial charge in [0.1, 0.15) is 17.3 Å². The second kappa shape index (κ2) is 8.57. The first kappa shape index (κ1) is 22.0. The molecule has 7 nitrogen and oxygen atoms in total. The summed E-state index contributed by atoms with van der Waals surface area (Å²) in [6.45, 7) is 0. The van der Waals surface area contributed by atoms with Gasteiger partial charge in [-0.15, -0.1) is 0 Å². The van der Waals surface area contributed by atoms with Gasteiger partial charge in [0.15, 0.2) is 0 Å². The zero-order valence-corrected chi connectivity index (χ0v) is 17.8. The van der Waals surface area contributed by atoms with Crippen LogP contribution >= 0.6 is 7.60 Å². The molecule has 0 aliphatic rings. The van der Waals surface area contributed by atoms with Gasteiger partial charge < -0.3 is 14.2 Å². The van der Waals surface area contributed by atoms with Crippen molar-refractivity contribution in [2.45, 2.75) is 0 Å². The van der Waals surface area contributed by atoms with Crippen molar-refractivity contribution in [3.8, 4) is 22.6 Å². The van der Waals surface area contributed by atoms with E-state index in [-0.39, 0.29) is 16.8 Å². The Hall–Kier alpha value is -2.71.